The molecule has 0 spiro atoms. The molecule has 1 aliphatic heterocycles. The highest BCUT2D eigenvalue weighted by Gasteiger charge is 2.21. The number of carbonyl (C=O) groups excluding carboxylic acids is 1. The predicted molar refractivity (Wildman–Crippen MR) is 115 cm³/mol. The monoisotopic (exact) mass is 403 g/mol. The van der Waals surface area contributed by atoms with Gasteiger partial charge < -0.3 is 4.90 Å². The van der Waals surface area contributed by atoms with Crippen molar-refractivity contribution in [2.45, 2.75) is 19.5 Å². The molecule has 1 aromatic heterocycles. The molecule has 2 aromatic carbocycles. The molecule has 0 radical (unpaired) electrons. The fourth-order valence-corrected chi connectivity index (χ4v) is 4.07. The quantitative estimate of drug-likeness (QED) is 0.667. The number of rotatable bonds is 4. The van der Waals surface area contributed by atoms with Crippen molar-refractivity contribution in [2.24, 2.45) is 7.05 Å². The number of hydrogen-bond donors (Lipinski definition) is 0. The minimum absolute atomic E-state index is 0.0197. The van der Waals surface area contributed by atoms with Crippen LogP contribution in [0.3, 0.4) is 0 Å². The number of imidazole rings is 1. The van der Waals surface area contributed by atoms with Crippen LogP contribution in [0.4, 0.5) is 0 Å². The first-order valence-electron chi connectivity index (χ1n) is 10.2. The highest BCUT2D eigenvalue weighted by Crippen LogP contribution is 2.13. The second-order valence-corrected chi connectivity index (χ2v) is 7.74. The molecule has 7 heteroatoms. The van der Waals surface area contributed by atoms with Crippen molar-refractivity contribution in [3.8, 4) is 6.07 Å². The molecule has 0 unspecified atom stereocenters. The van der Waals surface area contributed by atoms with Gasteiger partial charge in [-0.3, -0.25) is 18.8 Å². The van der Waals surface area contributed by atoms with Crippen molar-refractivity contribution in [3.05, 3.63) is 70.1 Å². The van der Waals surface area contributed by atoms with E-state index in [0.717, 1.165) is 42.7 Å². The van der Waals surface area contributed by atoms with Crippen molar-refractivity contribution in [2.75, 3.05) is 26.2 Å². The number of fused-ring (bicyclic) bond motifs is 1. The molecule has 2 heterocycles. The Morgan fingerprint density at radius 3 is 2.47 bits per heavy atom. The average Bonchev–Trinajstić information content (AvgIpc) is 2.93. The van der Waals surface area contributed by atoms with E-state index < -0.39 is 0 Å². The van der Waals surface area contributed by atoms with E-state index in [4.69, 9.17) is 5.26 Å². The number of aryl methyl sites for hydroxylation is 1. The van der Waals surface area contributed by atoms with Crippen LogP contribution in [0.15, 0.2) is 53.3 Å². The summed E-state index contributed by atoms with van der Waals surface area (Å²) >= 11 is 0. The molecule has 0 atom stereocenters. The van der Waals surface area contributed by atoms with Gasteiger partial charge in [0.1, 0.15) is 6.54 Å². The second-order valence-electron chi connectivity index (χ2n) is 7.74. The fourth-order valence-electron chi connectivity index (χ4n) is 4.07. The minimum Gasteiger partial charge on any atom is -0.340 e. The fraction of sp³-hybridized carbons (Fsp3) is 0.348. The van der Waals surface area contributed by atoms with E-state index in [2.05, 4.69) is 11.0 Å². The molecule has 154 valence electrons. The van der Waals surface area contributed by atoms with Crippen molar-refractivity contribution in [1.82, 2.24) is 18.9 Å². The number of nitrogens with zero attached hydrogens (tertiary/aromatic N) is 5. The van der Waals surface area contributed by atoms with Crippen LogP contribution in [0.5, 0.6) is 0 Å². The zero-order chi connectivity index (χ0) is 21.1. The largest absolute Gasteiger partial charge is 0.340 e. The van der Waals surface area contributed by atoms with Crippen LogP contribution in [0.2, 0.25) is 0 Å². The minimum atomic E-state index is -0.165. The highest BCUT2D eigenvalue weighted by molar-refractivity contribution is 5.81. The number of hydrogen-bond acceptors (Lipinski definition) is 4. The molecule has 1 fully saturated rings. The van der Waals surface area contributed by atoms with Crippen LogP contribution in [0.25, 0.3) is 11.0 Å². The van der Waals surface area contributed by atoms with E-state index in [-0.39, 0.29) is 18.1 Å². The lowest BCUT2D eigenvalue weighted by Crippen LogP contribution is -2.39. The smallest absolute Gasteiger partial charge is 0.329 e. The van der Waals surface area contributed by atoms with Crippen LogP contribution in [0.1, 0.15) is 17.5 Å². The summed E-state index contributed by atoms with van der Waals surface area (Å²) in [6, 6.07) is 17.3. The molecular weight excluding hydrogens is 378 g/mol. The predicted octanol–water partition coefficient (Wildman–Crippen LogP) is 1.95. The SMILES string of the molecule is Cn1c(=O)n(CC(=O)N2CCCN(Cc3ccc(C#N)cc3)CC2)c2ccccc21. The van der Waals surface area contributed by atoms with Crippen LogP contribution in [-0.4, -0.2) is 51.0 Å². The van der Waals surface area contributed by atoms with Crippen molar-refractivity contribution >= 4 is 16.9 Å². The van der Waals surface area contributed by atoms with Gasteiger partial charge in [0.05, 0.1) is 22.7 Å². The van der Waals surface area contributed by atoms with Gasteiger partial charge in [-0.1, -0.05) is 24.3 Å². The Hall–Kier alpha value is -3.37. The Morgan fingerprint density at radius 1 is 1.00 bits per heavy atom. The number of nitriles is 1. The number of carbonyl (C=O) groups is 1. The molecule has 30 heavy (non-hydrogen) atoms. The summed E-state index contributed by atoms with van der Waals surface area (Å²) in [6.07, 6.45) is 0.895. The zero-order valence-corrected chi connectivity index (χ0v) is 17.1. The molecule has 1 amide bonds. The molecule has 0 saturated carbocycles. The van der Waals surface area contributed by atoms with Gasteiger partial charge in [-0.05, 0) is 36.2 Å². The number of benzene rings is 2. The summed E-state index contributed by atoms with van der Waals surface area (Å²) in [5, 5.41) is 8.93. The van der Waals surface area contributed by atoms with Gasteiger partial charge in [0.25, 0.3) is 0 Å². The van der Waals surface area contributed by atoms with Crippen molar-refractivity contribution < 1.29 is 4.79 Å². The first-order chi connectivity index (χ1) is 14.6. The van der Waals surface area contributed by atoms with Gasteiger partial charge in [0.15, 0.2) is 0 Å². The summed E-state index contributed by atoms with van der Waals surface area (Å²) in [7, 11) is 1.73. The molecule has 1 aliphatic rings. The van der Waals surface area contributed by atoms with Crippen LogP contribution in [-0.2, 0) is 24.9 Å². The first kappa shape index (κ1) is 19.9. The number of para-hydroxylation sites is 2. The average molecular weight is 403 g/mol. The van der Waals surface area contributed by atoms with Gasteiger partial charge in [0, 0.05) is 39.8 Å². The highest BCUT2D eigenvalue weighted by atomic mass is 16.2. The molecule has 3 aromatic rings. The molecule has 0 aliphatic carbocycles. The first-order valence-corrected chi connectivity index (χ1v) is 10.2. The molecule has 0 N–H and O–H groups in total. The Kier molecular flexibility index (Phi) is 5.68. The number of aromatic nitrogens is 2. The third kappa shape index (κ3) is 4.00. The summed E-state index contributed by atoms with van der Waals surface area (Å²) in [4.78, 5) is 29.8. The third-order valence-corrected chi connectivity index (χ3v) is 5.78. The number of amides is 1. The lowest BCUT2D eigenvalue weighted by atomic mass is 10.1. The van der Waals surface area contributed by atoms with Crippen molar-refractivity contribution in [3.63, 3.8) is 0 Å². The van der Waals surface area contributed by atoms with Gasteiger partial charge in [-0.15, -0.1) is 0 Å². The maximum absolute atomic E-state index is 13.0. The molecule has 0 bridgehead atoms. The molecule has 7 nitrogen and oxygen atoms in total. The lowest BCUT2D eigenvalue weighted by Gasteiger charge is -2.22. The standard InChI is InChI=1S/C23H25N5O2/c1-25-20-5-2-3-6-21(20)28(23(25)30)17-22(29)27-12-4-11-26(13-14-27)16-19-9-7-18(15-24)8-10-19/h2-3,5-10H,4,11-14,16-17H2,1H3. The third-order valence-electron chi connectivity index (χ3n) is 5.78. The van der Waals surface area contributed by atoms with Crippen LogP contribution < -0.4 is 5.69 Å². The summed E-state index contributed by atoms with van der Waals surface area (Å²) in [6.45, 7) is 3.91. The van der Waals surface area contributed by atoms with E-state index in [0.29, 0.717) is 18.7 Å². The Labute approximate surface area is 175 Å². The van der Waals surface area contributed by atoms with E-state index in [9.17, 15) is 9.59 Å². The maximum Gasteiger partial charge on any atom is 0.329 e. The van der Waals surface area contributed by atoms with Crippen LogP contribution in [0, 0.1) is 11.3 Å². The Morgan fingerprint density at radius 2 is 1.73 bits per heavy atom. The van der Waals surface area contributed by atoms with Gasteiger partial charge >= 0.3 is 5.69 Å². The molecule has 1 saturated heterocycles. The topological polar surface area (TPSA) is 74.3 Å². The van der Waals surface area contributed by atoms with Gasteiger partial charge in [-0.2, -0.15) is 5.26 Å². The Balaban J connectivity index is 1.41. The Bertz CT molecular complexity index is 1150. The summed E-state index contributed by atoms with van der Waals surface area (Å²) in [5.74, 6) is -0.0197. The second kappa shape index (κ2) is 8.56. The van der Waals surface area contributed by atoms with E-state index in [1.165, 1.54) is 0 Å². The summed E-state index contributed by atoms with van der Waals surface area (Å²) < 4.78 is 3.15. The maximum atomic E-state index is 13.0. The summed E-state index contributed by atoms with van der Waals surface area (Å²) in [5.41, 5.74) is 3.28. The van der Waals surface area contributed by atoms with Gasteiger partial charge in [-0.25, -0.2) is 4.79 Å². The van der Waals surface area contributed by atoms with E-state index >= 15 is 0 Å². The normalized spacial score (nSPS) is 15.1. The van der Waals surface area contributed by atoms with E-state index in [1.54, 1.807) is 16.2 Å². The van der Waals surface area contributed by atoms with Crippen LogP contribution >= 0.6 is 0 Å². The zero-order valence-electron chi connectivity index (χ0n) is 17.1. The molecular formula is C23H25N5O2. The lowest BCUT2D eigenvalue weighted by molar-refractivity contribution is -0.131. The molecule has 4 rings (SSSR count). The van der Waals surface area contributed by atoms with Gasteiger partial charge in [0.2, 0.25) is 5.91 Å². The van der Waals surface area contributed by atoms with Crippen molar-refractivity contribution in [1.29, 1.82) is 5.26 Å². The van der Waals surface area contributed by atoms with E-state index in [1.807, 2.05) is 53.4 Å².